The molecule has 126 valence electrons. The number of pyridine rings is 1. The lowest BCUT2D eigenvalue weighted by Crippen LogP contribution is -2.23. The smallest absolute Gasteiger partial charge is 0.152 e. The highest BCUT2D eigenvalue weighted by molar-refractivity contribution is 7.91. The van der Waals surface area contributed by atoms with E-state index < -0.39 is 9.84 Å². The summed E-state index contributed by atoms with van der Waals surface area (Å²) < 4.78 is 23.3. The first-order valence-electron chi connectivity index (χ1n) is 8.37. The van der Waals surface area contributed by atoms with Crippen molar-refractivity contribution in [2.75, 3.05) is 16.8 Å². The number of hydrogen-bond acceptors (Lipinski definition) is 6. The average Bonchev–Trinajstić information content (AvgIpc) is 2.86. The first-order valence-corrected chi connectivity index (χ1v) is 10.2. The van der Waals surface area contributed by atoms with Gasteiger partial charge in [0.15, 0.2) is 9.84 Å². The van der Waals surface area contributed by atoms with E-state index in [0.717, 1.165) is 49.8 Å². The summed E-state index contributed by atoms with van der Waals surface area (Å²) in [5, 5.41) is 22.2. The van der Waals surface area contributed by atoms with Gasteiger partial charge < -0.3 is 5.32 Å². The minimum Gasteiger partial charge on any atom is -0.365 e. The van der Waals surface area contributed by atoms with E-state index >= 15 is 0 Å². The molecule has 1 aliphatic carbocycles. The largest absolute Gasteiger partial charge is 0.365 e. The van der Waals surface area contributed by atoms with Crippen LogP contribution in [0.25, 0.3) is 0 Å². The third-order valence-electron chi connectivity index (χ3n) is 4.77. The highest BCUT2D eigenvalue weighted by atomic mass is 32.2. The Bertz CT molecular complexity index is 834. The zero-order valence-corrected chi connectivity index (χ0v) is 14.3. The maximum Gasteiger partial charge on any atom is 0.152 e. The van der Waals surface area contributed by atoms with E-state index in [9.17, 15) is 18.9 Å². The molecule has 0 spiro atoms. The van der Waals surface area contributed by atoms with Crippen molar-refractivity contribution < 1.29 is 8.42 Å². The molecule has 2 aliphatic rings. The highest BCUT2D eigenvalue weighted by Gasteiger charge is 2.29. The number of nitrogens with zero attached hydrogens (tertiary/aromatic N) is 3. The summed E-state index contributed by atoms with van der Waals surface area (Å²) in [6.07, 6.45) is 6.38. The van der Waals surface area contributed by atoms with E-state index in [1.807, 2.05) is 0 Å². The van der Waals surface area contributed by atoms with Gasteiger partial charge in [-0.2, -0.15) is 10.5 Å². The molecule has 0 radical (unpaired) electrons. The Hall–Kier alpha value is -2.12. The van der Waals surface area contributed by atoms with Crippen LogP contribution < -0.4 is 5.32 Å². The van der Waals surface area contributed by atoms with Crippen LogP contribution >= 0.6 is 0 Å². The zero-order chi connectivity index (χ0) is 17.2. The maximum absolute atomic E-state index is 11.6. The van der Waals surface area contributed by atoms with E-state index in [-0.39, 0.29) is 23.1 Å². The number of hydrogen-bond donors (Lipinski definition) is 1. The summed E-state index contributed by atoms with van der Waals surface area (Å²) >= 11 is 0. The van der Waals surface area contributed by atoms with Crippen molar-refractivity contribution in [2.24, 2.45) is 0 Å². The van der Waals surface area contributed by atoms with Gasteiger partial charge in [0, 0.05) is 11.7 Å². The van der Waals surface area contributed by atoms with Gasteiger partial charge in [0.05, 0.1) is 17.1 Å². The lowest BCUT2D eigenvalue weighted by Gasteiger charge is -2.19. The Morgan fingerprint density at radius 1 is 1.04 bits per heavy atom. The maximum atomic E-state index is 11.6. The molecule has 1 aliphatic heterocycles. The molecule has 0 saturated carbocycles. The molecular formula is C17H20N4O2S. The summed E-state index contributed by atoms with van der Waals surface area (Å²) in [7, 11) is -3.02. The molecule has 1 N–H and O–H groups in total. The SMILES string of the molecule is N#Cc1c(N[C@H]2CCS(=O)(=O)C2)nc2c(c1C#N)CCCCCC2. The third-order valence-corrected chi connectivity index (χ3v) is 6.54. The summed E-state index contributed by atoms with van der Waals surface area (Å²) in [6, 6.07) is 4.04. The van der Waals surface area contributed by atoms with Gasteiger partial charge in [-0.3, -0.25) is 0 Å². The molecule has 0 bridgehead atoms. The van der Waals surface area contributed by atoms with Crippen LogP contribution in [0.1, 0.15) is 54.5 Å². The molecule has 3 rings (SSSR count). The van der Waals surface area contributed by atoms with Crippen LogP contribution in [0.4, 0.5) is 5.82 Å². The van der Waals surface area contributed by atoms with Crippen LogP contribution in [-0.2, 0) is 22.7 Å². The second kappa shape index (κ2) is 6.78. The fourth-order valence-corrected chi connectivity index (χ4v) is 5.21. The molecule has 1 atom stereocenters. The number of fused-ring (bicyclic) bond motifs is 1. The first-order chi connectivity index (χ1) is 11.5. The summed E-state index contributed by atoms with van der Waals surface area (Å²) in [4.78, 5) is 4.63. The van der Waals surface area contributed by atoms with Crippen molar-refractivity contribution in [2.45, 2.75) is 51.0 Å². The van der Waals surface area contributed by atoms with Gasteiger partial charge in [-0.15, -0.1) is 0 Å². The molecular weight excluding hydrogens is 324 g/mol. The normalized spacial score (nSPS) is 22.5. The highest BCUT2D eigenvalue weighted by Crippen LogP contribution is 2.29. The van der Waals surface area contributed by atoms with E-state index in [2.05, 4.69) is 22.4 Å². The summed E-state index contributed by atoms with van der Waals surface area (Å²) in [5.41, 5.74) is 2.45. The zero-order valence-electron chi connectivity index (χ0n) is 13.5. The van der Waals surface area contributed by atoms with Crippen molar-refractivity contribution in [3.63, 3.8) is 0 Å². The second-order valence-corrected chi connectivity index (χ2v) is 8.75. The molecule has 0 unspecified atom stereocenters. The first kappa shape index (κ1) is 16.7. The Morgan fingerprint density at radius 3 is 2.38 bits per heavy atom. The van der Waals surface area contributed by atoms with Crippen LogP contribution in [0.2, 0.25) is 0 Å². The number of rotatable bonds is 2. The number of nitrogens with one attached hydrogen (secondary N) is 1. The van der Waals surface area contributed by atoms with Crippen LogP contribution in [0.5, 0.6) is 0 Å². The van der Waals surface area contributed by atoms with Crippen molar-refractivity contribution in [3.8, 4) is 12.1 Å². The average molecular weight is 344 g/mol. The van der Waals surface area contributed by atoms with E-state index in [1.165, 1.54) is 0 Å². The Kier molecular flexibility index (Phi) is 4.73. The van der Waals surface area contributed by atoms with Gasteiger partial charge in [0.1, 0.15) is 23.5 Å². The molecule has 0 amide bonds. The van der Waals surface area contributed by atoms with E-state index in [0.29, 0.717) is 17.8 Å². The molecule has 24 heavy (non-hydrogen) atoms. The predicted molar refractivity (Wildman–Crippen MR) is 90.2 cm³/mol. The van der Waals surface area contributed by atoms with Gasteiger partial charge in [0.25, 0.3) is 0 Å². The predicted octanol–water partition coefficient (Wildman–Crippen LogP) is 2.08. The summed E-state index contributed by atoms with van der Waals surface area (Å²) in [6.45, 7) is 0. The minimum atomic E-state index is -3.02. The molecule has 1 aromatic rings. The second-order valence-electron chi connectivity index (χ2n) is 6.52. The summed E-state index contributed by atoms with van der Waals surface area (Å²) in [5.74, 6) is 0.580. The Morgan fingerprint density at radius 2 is 1.75 bits per heavy atom. The van der Waals surface area contributed by atoms with Gasteiger partial charge in [-0.25, -0.2) is 13.4 Å². The van der Waals surface area contributed by atoms with Crippen LogP contribution in [0.3, 0.4) is 0 Å². The molecule has 0 aromatic carbocycles. The number of sulfone groups is 1. The minimum absolute atomic E-state index is 0.0541. The molecule has 2 heterocycles. The van der Waals surface area contributed by atoms with Gasteiger partial charge in [-0.1, -0.05) is 12.8 Å². The number of aryl methyl sites for hydroxylation is 1. The molecule has 1 saturated heterocycles. The van der Waals surface area contributed by atoms with E-state index in [4.69, 9.17) is 0 Å². The molecule has 1 fully saturated rings. The standard InChI is InChI=1S/C17H20N4O2S/c18-9-14-13-5-3-1-2-4-6-16(13)21-17(15(14)10-19)20-12-7-8-24(22,23)11-12/h12H,1-8,11H2,(H,20,21)/t12-/m0/s1. The Balaban J connectivity index is 2.01. The quantitative estimate of drug-likeness (QED) is 0.880. The van der Waals surface area contributed by atoms with Crippen molar-refractivity contribution in [1.29, 1.82) is 10.5 Å². The number of aromatic nitrogens is 1. The van der Waals surface area contributed by atoms with Crippen LogP contribution in [0, 0.1) is 22.7 Å². The topological polar surface area (TPSA) is 107 Å². The fourth-order valence-electron chi connectivity index (χ4n) is 3.53. The number of anilines is 1. The molecule has 7 heteroatoms. The van der Waals surface area contributed by atoms with Crippen molar-refractivity contribution in [3.05, 3.63) is 22.4 Å². The lowest BCUT2D eigenvalue weighted by atomic mass is 9.91. The van der Waals surface area contributed by atoms with Gasteiger partial charge >= 0.3 is 0 Å². The number of nitriles is 2. The van der Waals surface area contributed by atoms with Crippen molar-refractivity contribution >= 4 is 15.7 Å². The van der Waals surface area contributed by atoms with E-state index in [1.54, 1.807) is 0 Å². The third kappa shape index (κ3) is 3.37. The van der Waals surface area contributed by atoms with Crippen LogP contribution in [-0.4, -0.2) is 30.9 Å². The van der Waals surface area contributed by atoms with Crippen molar-refractivity contribution in [1.82, 2.24) is 4.98 Å². The Labute approximate surface area is 142 Å². The molecule has 6 nitrogen and oxygen atoms in total. The van der Waals surface area contributed by atoms with Crippen LogP contribution in [0.15, 0.2) is 0 Å². The van der Waals surface area contributed by atoms with Gasteiger partial charge in [-0.05, 0) is 37.7 Å². The van der Waals surface area contributed by atoms with Gasteiger partial charge in [0.2, 0.25) is 0 Å². The lowest BCUT2D eigenvalue weighted by molar-refractivity contribution is 0.601. The molecule has 1 aromatic heterocycles. The monoisotopic (exact) mass is 344 g/mol. The fraction of sp³-hybridized carbons (Fsp3) is 0.588.